The Bertz CT molecular complexity index is 666. The van der Waals surface area contributed by atoms with Crippen molar-refractivity contribution in [1.29, 1.82) is 0 Å². The van der Waals surface area contributed by atoms with E-state index < -0.39 is 0 Å². The molecule has 0 heterocycles. The van der Waals surface area contributed by atoms with E-state index in [0.717, 1.165) is 5.56 Å². The van der Waals surface area contributed by atoms with Crippen LogP contribution in [-0.2, 0) is 0 Å². The number of benzene rings is 2. The van der Waals surface area contributed by atoms with Crippen molar-refractivity contribution in [1.82, 2.24) is 5.43 Å². The number of nitrogens with one attached hydrogen (secondary N) is 1. The Balaban J connectivity index is 2.09. The van der Waals surface area contributed by atoms with Crippen LogP contribution in [0.15, 0.2) is 47.6 Å². The molecule has 1 amide bonds. The number of hydrogen-bond acceptors (Lipinski definition) is 4. The number of para-hydroxylation sites is 1. The van der Waals surface area contributed by atoms with Crippen LogP contribution in [0.25, 0.3) is 0 Å². The second-order valence-electron chi connectivity index (χ2n) is 4.23. The van der Waals surface area contributed by atoms with Gasteiger partial charge in [0.2, 0.25) is 0 Å². The van der Waals surface area contributed by atoms with Crippen LogP contribution in [0, 0.1) is 6.92 Å². The number of amides is 1. The highest BCUT2D eigenvalue weighted by Gasteiger charge is 2.07. The van der Waals surface area contributed by atoms with Gasteiger partial charge in [-0.15, -0.1) is 0 Å². The molecule has 0 saturated carbocycles. The van der Waals surface area contributed by atoms with Gasteiger partial charge < -0.3 is 10.2 Å². The molecule has 0 saturated heterocycles. The fourth-order valence-electron chi connectivity index (χ4n) is 1.70. The van der Waals surface area contributed by atoms with E-state index in [1.54, 1.807) is 24.3 Å². The van der Waals surface area contributed by atoms with Crippen LogP contribution in [-0.4, -0.2) is 22.3 Å². The van der Waals surface area contributed by atoms with Gasteiger partial charge in [0.25, 0.3) is 5.91 Å². The number of hydrazone groups is 1. The summed E-state index contributed by atoms with van der Waals surface area (Å²) in [6.07, 6.45) is 1.27. The average molecular weight is 270 g/mol. The zero-order chi connectivity index (χ0) is 14.5. The minimum absolute atomic E-state index is 0.237. The van der Waals surface area contributed by atoms with E-state index in [4.69, 9.17) is 0 Å². The molecule has 0 bridgehead atoms. The molecular weight excluding hydrogens is 256 g/mol. The van der Waals surface area contributed by atoms with Crippen LogP contribution in [0.3, 0.4) is 0 Å². The highest BCUT2D eigenvalue weighted by Crippen LogP contribution is 2.26. The third-order valence-corrected chi connectivity index (χ3v) is 2.81. The molecule has 0 spiro atoms. The Labute approximate surface area is 116 Å². The molecule has 0 aliphatic rings. The van der Waals surface area contributed by atoms with Crippen LogP contribution in [0.5, 0.6) is 11.5 Å². The van der Waals surface area contributed by atoms with E-state index in [9.17, 15) is 15.0 Å². The molecule has 2 rings (SSSR count). The Morgan fingerprint density at radius 1 is 1.15 bits per heavy atom. The summed E-state index contributed by atoms with van der Waals surface area (Å²) in [6.45, 7) is 1.83. The molecule has 5 nitrogen and oxygen atoms in total. The quantitative estimate of drug-likeness (QED) is 0.454. The van der Waals surface area contributed by atoms with Crippen LogP contribution < -0.4 is 5.43 Å². The first kappa shape index (κ1) is 13.6. The molecular formula is C15H14N2O3. The lowest BCUT2D eigenvalue weighted by Gasteiger charge is -2.03. The van der Waals surface area contributed by atoms with Crippen molar-refractivity contribution in [3.05, 3.63) is 59.2 Å². The SMILES string of the molecule is Cc1ccccc1C(=O)NN=Cc1cccc(O)c1O. The maximum atomic E-state index is 11.9. The molecule has 5 heteroatoms. The average Bonchev–Trinajstić information content (AvgIpc) is 2.44. The van der Waals surface area contributed by atoms with Crippen molar-refractivity contribution in [3.63, 3.8) is 0 Å². The summed E-state index contributed by atoms with van der Waals surface area (Å²) in [5.74, 6) is -0.848. The van der Waals surface area contributed by atoms with Crippen LogP contribution in [0.4, 0.5) is 0 Å². The molecule has 0 unspecified atom stereocenters. The van der Waals surface area contributed by atoms with Crippen molar-refractivity contribution < 1.29 is 15.0 Å². The van der Waals surface area contributed by atoms with Gasteiger partial charge in [0.1, 0.15) is 0 Å². The van der Waals surface area contributed by atoms with Crippen molar-refractivity contribution in [3.8, 4) is 11.5 Å². The van der Waals surface area contributed by atoms with Crippen molar-refractivity contribution >= 4 is 12.1 Å². The third kappa shape index (κ3) is 2.95. The minimum Gasteiger partial charge on any atom is -0.504 e. The van der Waals surface area contributed by atoms with Gasteiger partial charge in [-0.2, -0.15) is 5.10 Å². The number of rotatable bonds is 3. The Hall–Kier alpha value is -2.82. The van der Waals surface area contributed by atoms with Crippen LogP contribution in [0.2, 0.25) is 0 Å². The topological polar surface area (TPSA) is 81.9 Å². The number of hydrogen-bond donors (Lipinski definition) is 3. The van der Waals surface area contributed by atoms with E-state index in [-0.39, 0.29) is 17.4 Å². The zero-order valence-electron chi connectivity index (χ0n) is 10.9. The van der Waals surface area contributed by atoms with Gasteiger partial charge in [-0.1, -0.05) is 24.3 Å². The van der Waals surface area contributed by atoms with Gasteiger partial charge in [-0.3, -0.25) is 4.79 Å². The fourth-order valence-corrected chi connectivity index (χ4v) is 1.70. The number of phenols is 2. The lowest BCUT2D eigenvalue weighted by molar-refractivity contribution is 0.0954. The van der Waals surface area contributed by atoms with Crippen molar-refractivity contribution in [2.24, 2.45) is 5.10 Å². The van der Waals surface area contributed by atoms with Crippen LogP contribution >= 0.6 is 0 Å². The Morgan fingerprint density at radius 3 is 2.65 bits per heavy atom. The van der Waals surface area contributed by atoms with Crippen molar-refractivity contribution in [2.75, 3.05) is 0 Å². The molecule has 0 aliphatic heterocycles. The smallest absolute Gasteiger partial charge is 0.271 e. The summed E-state index contributed by atoms with van der Waals surface area (Å²) < 4.78 is 0. The number of nitrogens with zero attached hydrogens (tertiary/aromatic N) is 1. The normalized spacial score (nSPS) is 10.7. The number of phenolic OH excluding ortho intramolecular Hbond substituents is 2. The highest BCUT2D eigenvalue weighted by atomic mass is 16.3. The summed E-state index contributed by atoms with van der Waals surface area (Å²) in [5, 5.41) is 22.7. The molecule has 0 aromatic heterocycles. The molecule has 0 aliphatic carbocycles. The molecule has 3 N–H and O–H groups in total. The Kier molecular flexibility index (Phi) is 4.00. The highest BCUT2D eigenvalue weighted by molar-refractivity contribution is 5.96. The van der Waals surface area contributed by atoms with Gasteiger partial charge in [-0.25, -0.2) is 5.43 Å². The van der Waals surface area contributed by atoms with E-state index in [2.05, 4.69) is 10.5 Å². The standard InChI is InChI=1S/C15H14N2O3/c1-10-5-2-3-7-12(10)15(20)17-16-9-11-6-4-8-13(18)14(11)19/h2-9,18-19H,1H3,(H,17,20). The van der Waals surface area contributed by atoms with Crippen molar-refractivity contribution in [2.45, 2.75) is 6.92 Å². The second-order valence-corrected chi connectivity index (χ2v) is 4.23. The summed E-state index contributed by atoms with van der Waals surface area (Å²) in [6, 6.07) is 11.6. The van der Waals surface area contributed by atoms with Gasteiger partial charge in [0.05, 0.1) is 6.21 Å². The number of carbonyl (C=O) groups excluding carboxylic acids is 1. The molecule has 0 radical (unpaired) electrons. The first-order valence-corrected chi connectivity index (χ1v) is 5.99. The lowest BCUT2D eigenvalue weighted by Crippen LogP contribution is -2.18. The van der Waals surface area contributed by atoms with Gasteiger partial charge >= 0.3 is 0 Å². The summed E-state index contributed by atoms with van der Waals surface area (Å²) in [4.78, 5) is 11.9. The number of carbonyl (C=O) groups is 1. The number of aromatic hydroxyl groups is 2. The van der Waals surface area contributed by atoms with Gasteiger partial charge in [0.15, 0.2) is 11.5 Å². The predicted octanol–water partition coefficient (Wildman–Crippen LogP) is 2.17. The molecule has 102 valence electrons. The van der Waals surface area contributed by atoms with Gasteiger partial charge in [-0.05, 0) is 30.7 Å². The molecule has 0 atom stereocenters. The molecule has 0 fully saturated rings. The van der Waals surface area contributed by atoms with Crippen LogP contribution in [0.1, 0.15) is 21.5 Å². The zero-order valence-corrected chi connectivity index (χ0v) is 10.9. The summed E-state index contributed by atoms with van der Waals surface area (Å²) in [7, 11) is 0. The van der Waals surface area contributed by atoms with E-state index in [1.165, 1.54) is 12.3 Å². The largest absolute Gasteiger partial charge is 0.504 e. The number of aryl methyl sites for hydroxylation is 1. The first-order chi connectivity index (χ1) is 9.59. The minimum atomic E-state index is -0.334. The van der Waals surface area contributed by atoms with E-state index in [0.29, 0.717) is 11.1 Å². The van der Waals surface area contributed by atoms with Gasteiger partial charge in [0, 0.05) is 11.1 Å². The Morgan fingerprint density at radius 2 is 1.90 bits per heavy atom. The molecule has 20 heavy (non-hydrogen) atoms. The maximum Gasteiger partial charge on any atom is 0.271 e. The third-order valence-electron chi connectivity index (χ3n) is 2.81. The summed E-state index contributed by atoms with van der Waals surface area (Å²) >= 11 is 0. The fraction of sp³-hybridized carbons (Fsp3) is 0.0667. The second kappa shape index (κ2) is 5.88. The molecule has 2 aromatic carbocycles. The van der Waals surface area contributed by atoms with E-state index in [1.807, 2.05) is 19.1 Å². The predicted molar refractivity (Wildman–Crippen MR) is 76.0 cm³/mol. The maximum absolute atomic E-state index is 11.9. The molecule has 2 aromatic rings. The first-order valence-electron chi connectivity index (χ1n) is 5.99. The summed E-state index contributed by atoms with van der Waals surface area (Å²) in [5.41, 5.74) is 4.07. The van der Waals surface area contributed by atoms with E-state index >= 15 is 0 Å². The monoisotopic (exact) mass is 270 g/mol. The lowest BCUT2D eigenvalue weighted by atomic mass is 10.1.